The fourth-order valence-corrected chi connectivity index (χ4v) is 0.979. The van der Waals surface area contributed by atoms with Gasteiger partial charge in [-0.1, -0.05) is 16.5 Å². The molecule has 0 saturated carbocycles. The molecule has 0 aliphatic carbocycles. The number of aromatic nitrogens is 2. The molecule has 0 radical (unpaired) electrons. The molecule has 5 heteroatoms. The average Bonchev–Trinajstić information content (AvgIpc) is 2.17. The minimum atomic E-state index is 0.620. The summed E-state index contributed by atoms with van der Waals surface area (Å²) in [5, 5.41) is 19.7. The molecule has 0 aliphatic heterocycles. The molecule has 1 heterocycles. The maximum Gasteiger partial charge on any atom is 0.162 e. The Hall–Kier alpha value is -0.970. The van der Waals surface area contributed by atoms with E-state index in [1.165, 1.54) is 17.6 Å². The average molecular weight is 143 g/mol. The van der Waals surface area contributed by atoms with Crippen LogP contribution in [0.15, 0.2) is 5.16 Å². The molecule has 0 aliphatic rings. The van der Waals surface area contributed by atoms with Crippen molar-refractivity contribution in [2.24, 2.45) is 5.16 Å². The summed E-state index contributed by atoms with van der Waals surface area (Å²) in [4.78, 5) is 0. The fourth-order valence-electron chi connectivity index (χ4n) is 0.413. The summed E-state index contributed by atoms with van der Waals surface area (Å²) >= 11 is 1.38. The molecule has 1 aromatic rings. The number of hydrogen-bond acceptors (Lipinski definition) is 5. The number of hydrogen-bond donors (Lipinski definition) is 1. The molecule has 48 valence electrons. The molecule has 0 atom stereocenters. The molecule has 1 aromatic heterocycles. The third kappa shape index (κ3) is 1.46. The molecule has 0 fully saturated rings. The van der Waals surface area contributed by atoms with Crippen LogP contribution in [0, 0.1) is 6.92 Å². The second-order valence-electron chi connectivity index (χ2n) is 1.40. The predicted octanol–water partition coefficient (Wildman–Crippen LogP) is 0.655. The van der Waals surface area contributed by atoms with E-state index in [2.05, 4.69) is 15.4 Å². The van der Waals surface area contributed by atoms with E-state index in [4.69, 9.17) is 5.21 Å². The first-order chi connectivity index (χ1) is 4.33. The maximum atomic E-state index is 8.04. The highest BCUT2D eigenvalue weighted by molar-refractivity contribution is 7.12. The van der Waals surface area contributed by atoms with E-state index >= 15 is 0 Å². The van der Waals surface area contributed by atoms with Gasteiger partial charge >= 0.3 is 0 Å². The Bertz CT molecular complexity index is 219. The first-order valence-corrected chi connectivity index (χ1v) is 3.12. The van der Waals surface area contributed by atoms with Crippen LogP contribution in [0.4, 0.5) is 0 Å². The standard InChI is InChI=1S/C4H5N3OS/c1-3-6-7-4(9-3)2-5-8/h2,8H,1H3. The summed E-state index contributed by atoms with van der Waals surface area (Å²) in [6.45, 7) is 1.84. The van der Waals surface area contributed by atoms with Gasteiger partial charge in [-0.25, -0.2) is 0 Å². The summed E-state index contributed by atoms with van der Waals surface area (Å²) in [6.07, 6.45) is 1.25. The first kappa shape index (κ1) is 6.15. The summed E-state index contributed by atoms with van der Waals surface area (Å²) < 4.78 is 0. The van der Waals surface area contributed by atoms with Crippen molar-refractivity contribution in [3.63, 3.8) is 0 Å². The number of oxime groups is 1. The molecule has 1 N–H and O–H groups in total. The van der Waals surface area contributed by atoms with E-state index in [9.17, 15) is 0 Å². The first-order valence-electron chi connectivity index (χ1n) is 2.30. The zero-order chi connectivity index (χ0) is 6.69. The van der Waals surface area contributed by atoms with Crippen molar-refractivity contribution in [2.75, 3.05) is 0 Å². The highest BCUT2D eigenvalue weighted by Gasteiger charge is 1.93. The van der Waals surface area contributed by atoms with Gasteiger partial charge in [0.25, 0.3) is 0 Å². The summed E-state index contributed by atoms with van der Waals surface area (Å²) in [7, 11) is 0. The van der Waals surface area contributed by atoms with Gasteiger partial charge in [-0.05, 0) is 6.92 Å². The van der Waals surface area contributed by atoms with Gasteiger partial charge in [-0.15, -0.1) is 10.2 Å². The lowest BCUT2D eigenvalue weighted by Crippen LogP contribution is -1.76. The van der Waals surface area contributed by atoms with Gasteiger partial charge in [-0.2, -0.15) is 0 Å². The Morgan fingerprint density at radius 3 is 2.89 bits per heavy atom. The molecule has 4 nitrogen and oxygen atoms in total. The SMILES string of the molecule is Cc1nnc(C=NO)s1. The zero-order valence-electron chi connectivity index (χ0n) is 4.77. The maximum absolute atomic E-state index is 8.04. The lowest BCUT2D eigenvalue weighted by Gasteiger charge is -1.71. The van der Waals surface area contributed by atoms with Gasteiger partial charge in [0, 0.05) is 0 Å². The van der Waals surface area contributed by atoms with E-state index in [0.29, 0.717) is 5.01 Å². The molecule has 0 bridgehead atoms. The van der Waals surface area contributed by atoms with Crippen molar-refractivity contribution in [3.8, 4) is 0 Å². The van der Waals surface area contributed by atoms with Gasteiger partial charge in [0.05, 0.1) is 0 Å². The highest BCUT2D eigenvalue weighted by atomic mass is 32.1. The lowest BCUT2D eigenvalue weighted by atomic mass is 10.8. The Labute approximate surface area is 55.9 Å². The van der Waals surface area contributed by atoms with Crippen LogP contribution in [-0.2, 0) is 0 Å². The van der Waals surface area contributed by atoms with Crippen LogP contribution in [0.2, 0.25) is 0 Å². The van der Waals surface area contributed by atoms with E-state index in [1.54, 1.807) is 0 Å². The monoisotopic (exact) mass is 143 g/mol. The molecule has 0 unspecified atom stereocenters. The summed E-state index contributed by atoms with van der Waals surface area (Å²) in [5.41, 5.74) is 0. The minimum Gasteiger partial charge on any atom is -0.411 e. The molecule has 0 aromatic carbocycles. The Kier molecular flexibility index (Phi) is 1.74. The third-order valence-electron chi connectivity index (χ3n) is 0.710. The zero-order valence-corrected chi connectivity index (χ0v) is 5.59. The number of rotatable bonds is 1. The minimum absolute atomic E-state index is 0.620. The Morgan fingerprint density at radius 2 is 2.44 bits per heavy atom. The van der Waals surface area contributed by atoms with Crippen molar-refractivity contribution in [3.05, 3.63) is 10.0 Å². The predicted molar refractivity (Wildman–Crippen MR) is 34.0 cm³/mol. The summed E-state index contributed by atoms with van der Waals surface area (Å²) in [5.74, 6) is 0. The van der Waals surface area contributed by atoms with Crippen molar-refractivity contribution >= 4 is 17.6 Å². The van der Waals surface area contributed by atoms with Gasteiger partial charge < -0.3 is 5.21 Å². The molecule has 9 heavy (non-hydrogen) atoms. The molecule has 0 spiro atoms. The number of aryl methyl sites for hydroxylation is 1. The van der Waals surface area contributed by atoms with Crippen molar-refractivity contribution in [2.45, 2.75) is 6.92 Å². The molecule has 0 amide bonds. The topological polar surface area (TPSA) is 58.4 Å². The van der Waals surface area contributed by atoms with Gasteiger partial charge in [0.2, 0.25) is 0 Å². The van der Waals surface area contributed by atoms with Crippen LogP contribution in [-0.4, -0.2) is 21.6 Å². The lowest BCUT2D eigenvalue weighted by molar-refractivity contribution is 0.322. The largest absolute Gasteiger partial charge is 0.411 e. The molecule has 0 saturated heterocycles. The van der Waals surface area contributed by atoms with Crippen LogP contribution in [0.3, 0.4) is 0 Å². The normalized spacial score (nSPS) is 10.8. The van der Waals surface area contributed by atoms with Crippen molar-refractivity contribution in [1.82, 2.24) is 10.2 Å². The fraction of sp³-hybridized carbons (Fsp3) is 0.250. The van der Waals surface area contributed by atoms with E-state index in [0.717, 1.165) is 5.01 Å². The van der Waals surface area contributed by atoms with Gasteiger partial charge in [-0.3, -0.25) is 0 Å². The van der Waals surface area contributed by atoms with Crippen molar-refractivity contribution in [1.29, 1.82) is 0 Å². The Balaban J connectivity index is 2.85. The second kappa shape index (κ2) is 2.54. The van der Waals surface area contributed by atoms with Crippen LogP contribution in [0.1, 0.15) is 10.0 Å². The highest BCUT2D eigenvalue weighted by Crippen LogP contribution is 2.03. The van der Waals surface area contributed by atoms with Crippen LogP contribution in [0.5, 0.6) is 0 Å². The molecular weight excluding hydrogens is 138 g/mol. The van der Waals surface area contributed by atoms with Crippen LogP contribution >= 0.6 is 11.3 Å². The van der Waals surface area contributed by atoms with E-state index in [1.807, 2.05) is 6.92 Å². The number of nitrogens with zero attached hydrogens (tertiary/aromatic N) is 3. The quantitative estimate of drug-likeness (QED) is 0.357. The molecule has 1 rings (SSSR count). The van der Waals surface area contributed by atoms with Crippen LogP contribution in [0.25, 0.3) is 0 Å². The summed E-state index contributed by atoms with van der Waals surface area (Å²) in [6, 6.07) is 0. The third-order valence-corrected chi connectivity index (χ3v) is 1.48. The van der Waals surface area contributed by atoms with E-state index in [-0.39, 0.29) is 0 Å². The molecular formula is C4H5N3OS. The van der Waals surface area contributed by atoms with E-state index < -0.39 is 0 Å². The Morgan fingerprint density at radius 1 is 1.67 bits per heavy atom. The second-order valence-corrected chi connectivity index (χ2v) is 2.62. The van der Waals surface area contributed by atoms with Crippen molar-refractivity contribution < 1.29 is 5.21 Å². The smallest absolute Gasteiger partial charge is 0.162 e. The van der Waals surface area contributed by atoms with Crippen LogP contribution < -0.4 is 0 Å². The van der Waals surface area contributed by atoms with Gasteiger partial charge in [0.15, 0.2) is 5.01 Å². The van der Waals surface area contributed by atoms with Gasteiger partial charge in [0.1, 0.15) is 11.2 Å².